The Balaban J connectivity index is 2.17. The molecular formula is C23H36N2O2. The normalized spacial score (nSPS) is 15.2. The van der Waals surface area contributed by atoms with E-state index in [9.17, 15) is 9.59 Å². The van der Waals surface area contributed by atoms with E-state index in [0.717, 1.165) is 18.5 Å². The number of nitrogens with one attached hydrogen (secondary N) is 1. The van der Waals surface area contributed by atoms with Gasteiger partial charge in [0.2, 0.25) is 11.8 Å². The number of benzene rings is 1. The fourth-order valence-electron chi connectivity index (χ4n) is 4.01. The SMILES string of the molecule is CC(=O)N(CCC(=O)NC1CCCCC1)c1c(C(C)C)cccc1C(C)C. The van der Waals surface area contributed by atoms with Crippen LogP contribution in [0.5, 0.6) is 0 Å². The Hall–Kier alpha value is -1.84. The van der Waals surface area contributed by atoms with Gasteiger partial charge < -0.3 is 10.2 Å². The minimum atomic E-state index is -0.00420. The number of rotatable bonds is 7. The molecule has 1 aliphatic carbocycles. The standard InChI is InChI=1S/C23H36N2O2/c1-16(2)20-12-9-13-21(17(3)4)23(20)25(18(5)26)15-14-22(27)24-19-10-7-6-8-11-19/h9,12-13,16-17,19H,6-8,10-11,14-15H2,1-5H3,(H,24,27). The number of nitrogens with zero attached hydrogens (tertiary/aromatic N) is 1. The number of anilines is 1. The van der Waals surface area contributed by atoms with Gasteiger partial charge in [0.25, 0.3) is 0 Å². The van der Waals surface area contributed by atoms with Gasteiger partial charge in [0.05, 0.1) is 5.69 Å². The highest BCUT2D eigenvalue weighted by Crippen LogP contribution is 2.35. The van der Waals surface area contributed by atoms with E-state index >= 15 is 0 Å². The van der Waals surface area contributed by atoms with Crippen molar-refractivity contribution in [3.63, 3.8) is 0 Å². The average molecular weight is 373 g/mol. The Morgan fingerprint density at radius 3 is 2.07 bits per heavy atom. The molecule has 1 fully saturated rings. The molecule has 1 saturated carbocycles. The first-order valence-corrected chi connectivity index (χ1v) is 10.5. The van der Waals surface area contributed by atoms with Gasteiger partial charge in [-0.15, -0.1) is 0 Å². The van der Waals surface area contributed by atoms with Crippen LogP contribution in [-0.2, 0) is 9.59 Å². The third kappa shape index (κ3) is 5.82. The van der Waals surface area contributed by atoms with Gasteiger partial charge in [-0.05, 0) is 35.8 Å². The van der Waals surface area contributed by atoms with E-state index in [4.69, 9.17) is 0 Å². The van der Waals surface area contributed by atoms with E-state index in [1.54, 1.807) is 6.92 Å². The quantitative estimate of drug-likeness (QED) is 0.722. The lowest BCUT2D eigenvalue weighted by molar-refractivity contribution is -0.121. The minimum Gasteiger partial charge on any atom is -0.353 e. The van der Waals surface area contributed by atoms with Gasteiger partial charge in [0.15, 0.2) is 0 Å². The summed E-state index contributed by atoms with van der Waals surface area (Å²) in [7, 11) is 0. The number of carbonyl (C=O) groups is 2. The molecule has 1 aromatic rings. The van der Waals surface area contributed by atoms with Crippen LogP contribution >= 0.6 is 0 Å². The maximum Gasteiger partial charge on any atom is 0.223 e. The molecule has 150 valence electrons. The highest BCUT2D eigenvalue weighted by Gasteiger charge is 2.23. The molecular weight excluding hydrogens is 336 g/mol. The Morgan fingerprint density at radius 1 is 1.04 bits per heavy atom. The van der Waals surface area contributed by atoms with Crippen molar-refractivity contribution in [1.29, 1.82) is 0 Å². The predicted octanol–water partition coefficient (Wildman–Crippen LogP) is 5.13. The zero-order valence-electron chi connectivity index (χ0n) is 17.7. The van der Waals surface area contributed by atoms with E-state index in [-0.39, 0.29) is 11.8 Å². The van der Waals surface area contributed by atoms with Crippen molar-refractivity contribution in [2.45, 2.75) is 91.0 Å². The lowest BCUT2D eigenvalue weighted by Crippen LogP contribution is -2.39. The van der Waals surface area contributed by atoms with Crippen molar-refractivity contribution < 1.29 is 9.59 Å². The summed E-state index contributed by atoms with van der Waals surface area (Å²) in [6, 6.07) is 6.59. The van der Waals surface area contributed by atoms with E-state index in [1.165, 1.54) is 30.4 Å². The second kappa shape index (κ2) is 9.91. The Morgan fingerprint density at radius 2 is 1.59 bits per heavy atom. The number of hydrogen-bond donors (Lipinski definition) is 1. The van der Waals surface area contributed by atoms with Gasteiger partial charge in [0.1, 0.15) is 0 Å². The molecule has 0 atom stereocenters. The molecule has 1 aromatic carbocycles. The van der Waals surface area contributed by atoms with E-state index < -0.39 is 0 Å². The molecule has 0 spiro atoms. The largest absolute Gasteiger partial charge is 0.353 e. The smallest absolute Gasteiger partial charge is 0.223 e. The van der Waals surface area contributed by atoms with Crippen LogP contribution < -0.4 is 10.2 Å². The van der Waals surface area contributed by atoms with E-state index in [2.05, 4.69) is 51.2 Å². The minimum absolute atomic E-state index is 0.00420. The van der Waals surface area contributed by atoms with Crippen LogP contribution in [0.1, 0.15) is 96.1 Å². The fourth-order valence-corrected chi connectivity index (χ4v) is 4.01. The highest BCUT2D eigenvalue weighted by molar-refractivity contribution is 5.94. The van der Waals surface area contributed by atoms with Crippen LogP contribution in [0.25, 0.3) is 0 Å². The van der Waals surface area contributed by atoms with E-state index in [1.807, 2.05) is 4.90 Å². The Kier molecular flexibility index (Phi) is 7.88. The number of hydrogen-bond acceptors (Lipinski definition) is 2. The zero-order valence-corrected chi connectivity index (χ0v) is 17.7. The lowest BCUT2D eigenvalue weighted by atomic mass is 9.91. The topological polar surface area (TPSA) is 49.4 Å². The monoisotopic (exact) mass is 372 g/mol. The van der Waals surface area contributed by atoms with E-state index in [0.29, 0.717) is 30.8 Å². The van der Waals surface area contributed by atoms with Crippen molar-refractivity contribution in [3.05, 3.63) is 29.3 Å². The molecule has 0 heterocycles. The van der Waals surface area contributed by atoms with Crippen molar-refractivity contribution in [2.75, 3.05) is 11.4 Å². The van der Waals surface area contributed by atoms with Crippen LogP contribution in [0, 0.1) is 0 Å². The second-order valence-electron chi connectivity index (χ2n) is 8.42. The van der Waals surface area contributed by atoms with Crippen LogP contribution in [0.15, 0.2) is 18.2 Å². The third-order valence-electron chi connectivity index (χ3n) is 5.53. The molecule has 2 amide bonds. The maximum atomic E-state index is 12.5. The first kappa shape index (κ1) is 21.5. The first-order chi connectivity index (χ1) is 12.8. The van der Waals surface area contributed by atoms with Gasteiger partial charge in [-0.25, -0.2) is 0 Å². The molecule has 4 nitrogen and oxygen atoms in total. The van der Waals surface area contributed by atoms with Gasteiger partial charge in [0, 0.05) is 25.9 Å². The summed E-state index contributed by atoms with van der Waals surface area (Å²) in [6.07, 6.45) is 6.17. The zero-order chi connectivity index (χ0) is 20.0. The molecule has 4 heteroatoms. The van der Waals surface area contributed by atoms with Gasteiger partial charge in [-0.3, -0.25) is 9.59 Å². The maximum absolute atomic E-state index is 12.5. The van der Waals surface area contributed by atoms with Crippen molar-refractivity contribution in [3.8, 4) is 0 Å². The van der Waals surface area contributed by atoms with Crippen LogP contribution in [0.2, 0.25) is 0 Å². The summed E-state index contributed by atoms with van der Waals surface area (Å²) < 4.78 is 0. The summed E-state index contributed by atoms with van der Waals surface area (Å²) in [5.74, 6) is 0.685. The Bertz CT molecular complexity index is 620. The summed E-state index contributed by atoms with van der Waals surface area (Å²) in [4.78, 5) is 26.8. The number of carbonyl (C=O) groups excluding carboxylic acids is 2. The molecule has 0 aliphatic heterocycles. The van der Waals surface area contributed by atoms with Gasteiger partial charge >= 0.3 is 0 Å². The van der Waals surface area contributed by atoms with Gasteiger partial charge in [-0.1, -0.05) is 65.2 Å². The second-order valence-corrected chi connectivity index (χ2v) is 8.42. The highest BCUT2D eigenvalue weighted by atomic mass is 16.2. The first-order valence-electron chi connectivity index (χ1n) is 10.5. The molecule has 1 N–H and O–H groups in total. The molecule has 0 radical (unpaired) electrons. The van der Waals surface area contributed by atoms with Crippen molar-refractivity contribution >= 4 is 17.5 Å². The molecule has 0 bridgehead atoms. The summed E-state index contributed by atoms with van der Waals surface area (Å²) >= 11 is 0. The van der Waals surface area contributed by atoms with Crippen molar-refractivity contribution in [1.82, 2.24) is 5.32 Å². The van der Waals surface area contributed by atoms with Crippen molar-refractivity contribution in [2.24, 2.45) is 0 Å². The van der Waals surface area contributed by atoms with Gasteiger partial charge in [-0.2, -0.15) is 0 Å². The number of amides is 2. The predicted molar refractivity (Wildman–Crippen MR) is 112 cm³/mol. The molecule has 0 saturated heterocycles. The molecule has 2 rings (SSSR count). The summed E-state index contributed by atoms with van der Waals surface area (Å²) in [5, 5.41) is 3.16. The van der Waals surface area contributed by atoms with Crippen LogP contribution in [0.4, 0.5) is 5.69 Å². The average Bonchev–Trinajstić information content (AvgIpc) is 2.62. The lowest BCUT2D eigenvalue weighted by Gasteiger charge is -2.30. The molecule has 27 heavy (non-hydrogen) atoms. The molecule has 1 aliphatic rings. The fraction of sp³-hybridized carbons (Fsp3) is 0.652. The summed E-state index contributed by atoms with van der Waals surface area (Å²) in [6.45, 7) is 10.6. The van der Waals surface area contributed by atoms with Crippen LogP contribution in [-0.4, -0.2) is 24.4 Å². The molecule has 0 unspecified atom stereocenters. The number of para-hydroxylation sites is 1. The third-order valence-corrected chi connectivity index (χ3v) is 5.53. The summed E-state index contributed by atoms with van der Waals surface area (Å²) in [5.41, 5.74) is 3.34. The molecule has 0 aromatic heterocycles. The van der Waals surface area contributed by atoms with Crippen LogP contribution in [0.3, 0.4) is 0 Å². The Labute approximate surface area is 164 Å².